The Bertz CT molecular complexity index is 396. The topological polar surface area (TPSA) is 66.8 Å². The van der Waals surface area contributed by atoms with Crippen LogP contribution in [-0.4, -0.2) is 16.2 Å². The van der Waals surface area contributed by atoms with Crippen LogP contribution in [0.15, 0.2) is 42.2 Å². The van der Waals surface area contributed by atoms with Crippen molar-refractivity contribution >= 4 is 5.97 Å². The SMILES string of the molecule is O=C1OC(O)(c2ccccc2)C=C1O. The molecule has 0 saturated heterocycles. The first-order valence-electron chi connectivity index (χ1n) is 4.05. The largest absolute Gasteiger partial charge is 0.502 e. The van der Waals surface area contributed by atoms with E-state index in [1.807, 2.05) is 0 Å². The minimum atomic E-state index is -1.83. The van der Waals surface area contributed by atoms with Crippen molar-refractivity contribution in [2.24, 2.45) is 0 Å². The molecule has 0 aliphatic carbocycles. The first kappa shape index (κ1) is 8.77. The number of ether oxygens (including phenoxy) is 1. The Kier molecular flexibility index (Phi) is 1.79. The lowest BCUT2D eigenvalue weighted by Crippen LogP contribution is -2.24. The Morgan fingerprint density at radius 2 is 1.86 bits per heavy atom. The zero-order chi connectivity index (χ0) is 10.2. The molecule has 1 aromatic rings. The standard InChI is InChI=1S/C10H8O4/c11-8-6-10(13,14-9(8)12)7-4-2-1-3-5-7/h1-6,11,13H. The van der Waals surface area contributed by atoms with Gasteiger partial charge in [0.1, 0.15) is 0 Å². The monoisotopic (exact) mass is 192 g/mol. The van der Waals surface area contributed by atoms with Gasteiger partial charge in [0, 0.05) is 11.6 Å². The van der Waals surface area contributed by atoms with Gasteiger partial charge >= 0.3 is 5.97 Å². The molecule has 1 aromatic carbocycles. The maximum Gasteiger partial charge on any atom is 0.376 e. The van der Waals surface area contributed by atoms with Gasteiger partial charge in [0.2, 0.25) is 5.76 Å². The van der Waals surface area contributed by atoms with Gasteiger partial charge in [0.25, 0.3) is 5.79 Å². The minimum absolute atomic E-state index is 0.400. The van der Waals surface area contributed by atoms with Gasteiger partial charge in [0.05, 0.1) is 0 Å². The summed E-state index contributed by atoms with van der Waals surface area (Å²) in [5, 5.41) is 18.8. The number of hydrogen-bond acceptors (Lipinski definition) is 4. The molecule has 0 fully saturated rings. The molecule has 0 radical (unpaired) electrons. The highest BCUT2D eigenvalue weighted by molar-refractivity contribution is 5.88. The number of cyclic esters (lactones) is 1. The normalized spacial score (nSPS) is 25.8. The zero-order valence-corrected chi connectivity index (χ0v) is 7.18. The molecule has 1 aliphatic rings. The predicted octanol–water partition coefficient (Wildman–Crippen LogP) is 0.830. The van der Waals surface area contributed by atoms with E-state index >= 15 is 0 Å². The Morgan fingerprint density at radius 3 is 2.36 bits per heavy atom. The summed E-state index contributed by atoms with van der Waals surface area (Å²) < 4.78 is 4.62. The lowest BCUT2D eigenvalue weighted by Gasteiger charge is -2.18. The first-order chi connectivity index (χ1) is 6.62. The Labute approximate surface area is 80.1 Å². The van der Waals surface area contributed by atoms with Gasteiger partial charge in [-0.25, -0.2) is 4.79 Å². The number of esters is 1. The van der Waals surface area contributed by atoms with E-state index in [1.165, 1.54) is 0 Å². The zero-order valence-electron chi connectivity index (χ0n) is 7.18. The summed E-state index contributed by atoms with van der Waals surface area (Å²) >= 11 is 0. The van der Waals surface area contributed by atoms with Crippen LogP contribution in [0, 0.1) is 0 Å². The molecule has 0 bridgehead atoms. The molecular weight excluding hydrogens is 184 g/mol. The van der Waals surface area contributed by atoms with Crippen molar-refractivity contribution < 1.29 is 19.7 Å². The summed E-state index contributed by atoms with van der Waals surface area (Å²) in [5.41, 5.74) is 0.400. The molecule has 1 unspecified atom stereocenters. The highest BCUT2D eigenvalue weighted by atomic mass is 16.7. The number of aliphatic hydroxyl groups excluding tert-OH is 1. The average Bonchev–Trinajstić information content (AvgIpc) is 2.44. The smallest absolute Gasteiger partial charge is 0.376 e. The molecule has 0 saturated carbocycles. The van der Waals surface area contributed by atoms with Crippen molar-refractivity contribution in [3.63, 3.8) is 0 Å². The molecule has 1 heterocycles. The Hall–Kier alpha value is -1.81. The summed E-state index contributed by atoms with van der Waals surface area (Å²) in [7, 11) is 0. The van der Waals surface area contributed by atoms with E-state index in [2.05, 4.69) is 4.74 Å². The predicted molar refractivity (Wildman–Crippen MR) is 47.1 cm³/mol. The maximum absolute atomic E-state index is 10.9. The average molecular weight is 192 g/mol. The second-order valence-electron chi connectivity index (χ2n) is 2.98. The van der Waals surface area contributed by atoms with Crippen molar-refractivity contribution in [3.8, 4) is 0 Å². The first-order valence-corrected chi connectivity index (χ1v) is 4.05. The van der Waals surface area contributed by atoms with Crippen LogP contribution < -0.4 is 0 Å². The van der Waals surface area contributed by atoms with Gasteiger partial charge in [-0.3, -0.25) is 0 Å². The van der Waals surface area contributed by atoms with Crippen LogP contribution in [0.3, 0.4) is 0 Å². The highest BCUT2D eigenvalue weighted by Gasteiger charge is 2.40. The van der Waals surface area contributed by atoms with Crippen LogP contribution in [0.2, 0.25) is 0 Å². The summed E-state index contributed by atoms with van der Waals surface area (Å²) in [6, 6.07) is 8.37. The number of hydrogen-bond donors (Lipinski definition) is 2. The van der Waals surface area contributed by atoms with Crippen LogP contribution in [0.25, 0.3) is 0 Å². The van der Waals surface area contributed by atoms with E-state index in [-0.39, 0.29) is 0 Å². The Balaban J connectivity index is 2.41. The van der Waals surface area contributed by atoms with Crippen molar-refractivity contribution in [2.75, 3.05) is 0 Å². The molecule has 72 valence electrons. The van der Waals surface area contributed by atoms with Crippen molar-refractivity contribution in [2.45, 2.75) is 5.79 Å². The molecule has 1 atom stereocenters. The van der Waals surface area contributed by atoms with Gasteiger partial charge in [-0.15, -0.1) is 0 Å². The molecule has 4 nitrogen and oxygen atoms in total. The van der Waals surface area contributed by atoms with Crippen LogP contribution in [0.1, 0.15) is 5.56 Å². The van der Waals surface area contributed by atoms with E-state index in [0.717, 1.165) is 6.08 Å². The van der Waals surface area contributed by atoms with Crippen LogP contribution in [0.4, 0.5) is 0 Å². The van der Waals surface area contributed by atoms with Gasteiger partial charge in [-0.1, -0.05) is 30.3 Å². The molecule has 0 aromatic heterocycles. The molecule has 2 rings (SSSR count). The van der Waals surface area contributed by atoms with Crippen molar-refractivity contribution in [3.05, 3.63) is 47.7 Å². The van der Waals surface area contributed by atoms with Gasteiger partial charge < -0.3 is 14.9 Å². The fourth-order valence-corrected chi connectivity index (χ4v) is 1.29. The van der Waals surface area contributed by atoms with Gasteiger partial charge in [-0.2, -0.15) is 0 Å². The lowest BCUT2D eigenvalue weighted by atomic mass is 10.1. The third kappa shape index (κ3) is 1.25. The van der Waals surface area contributed by atoms with E-state index in [1.54, 1.807) is 30.3 Å². The molecule has 1 aliphatic heterocycles. The lowest BCUT2D eigenvalue weighted by molar-refractivity contribution is -0.183. The second kappa shape index (κ2) is 2.85. The third-order valence-electron chi connectivity index (χ3n) is 1.98. The number of rotatable bonds is 1. The quantitative estimate of drug-likeness (QED) is 0.647. The number of carbonyl (C=O) groups is 1. The summed E-state index contributed by atoms with van der Waals surface area (Å²) in [6.07, 6.45) is 0.977. The van der Waals surface area contributed by atoms with E-state index in [9.17, 15) is 9.90 Å². The molecule has 0 amide bonds. The fourth-order valence-electron chi connectivity index (χ4n) is 1.29. The van der Waals surface area contributed by atoms with Crippen LogP contribution in [0.5, 0.6) is 0 Å². The van der Waals surface area contributed by atoms with Gasteiger partial charge in [0.15, 0.2) is 0 Å². The Morgan fingerprint density at radius 1 is 1.21 bits per heavy atom. The molecular formula is C10H8O4. The van der Waals surface area contributed by atoms with Crippen LogP contribution >= 0.6 is 0 Å². The second-order valence-corrected chi connectivity index (χ2v) is 2.98. The summed E-state index contributed by atoms with van der Waals surface area (Å²) in [6.45, 7) is 0. The number of benzene rings is 1. The van der Waals surface area contributed by atoms with Crippen molar-refractivity contribution in [1.29, 1.82) is 0 Å². The number of carbonyl (C=O) groups excluding carboxylic acids is 1. The van der Waals surface area contributed by atoms with E-state index in [4.69, 9.17) is 5.11 Å². The highest BCUT2D eigenvalue weighted by Crippen LogP contribution is 2.30. The maximum atomic E-state index is 10.9. The number of aliphatic hydroxyl groups is 2. The minimum Gasteiger partial charge on any atom is -0.502 e. The summed E-state index contributed by atoms with van der Waals surface area (Å²) in [4.78, 5) is 10.9. The molecule has 14 heavy (non-hydrogen) atoms. The molecule has 2 N–H and O–H groups in total. The summed E-state index contributed by atoms with van der Waals surface area (Å²) in [5.74, 6) is -3.32. The van der Waals surface area contributed by atoms with E-state index in [0.29, 0.717) is 5.56 Å². The van der Waals surface area contributed by atoms with Gasteiger partial charge in [-0.05, 0) is 0 Å². The van der Waals surface area contributed by atoms with Crippen molar-refractivity contribution in [1.82, 2.24) is 0 Å². The van der Waals surface area contributed by atoms with Crippen LogP contribution in [-0.2, 0) is 15.3 Å². The molecule has 0 spiro atoms. The fraction of sp³-hybridized carbons (Fsp3) is 0.100. The third-order valence-corrected chi connectivity index (χ3v) is 1.98. The van der Waals surface area contributed by atoms with E-state index < -0.39 is 17.5 Å². The molecule has 4 heteroatoms.